The number of nitrogens with zero attached hydrogens (tertiary/aromatic N) is 2. The fraction of sp³-hybridized carbons (Fsp3) is 0.350. The van der Waals surface area contributed by atoms with Crippen LogP contribution in [-0.2, 0) is 10.0 Å². The van der Waals surface area contributed by atoms with E-state index in [9.17, 15) is 18.3 Å². The van der Waals surface area contributed by atoms with Gasteiger partial charge in [0.25, 0.3) is 0 Å². The molecule has 0 spiro atoms. The molecule has 2 aromatic carbocycles. The number of anilines is 2. The number of unbranched alkanes of at least 4 members (excludes halogenated alkanes) is 1. The first kappa shape index (κ1) is 19.4. The number of phenols is 1. The molecule has 0 bridgehead atoms. The Bertz CT molecular complexity index is 928. The Balaban J connectivity index is 2.24. The van der Waals surface area contributed by atoms with Gasteiger partial charge in [0.2, 0.25) is 10.0 Å². The van der Waals surface area contributed by atoms with Crippen molar-refractivity contribution in [2.24, 2.45) is 0 Å². The lowest BCUT2D eigenvalue weighted by Crippen LogP contribution is -2.40. The van der Waals surface area contributed by atoms with E-state index < -0.39 is 10.0 Å². The molecule has 7 heteroatoms. The Morgan fingerprint density at radius 2 is 1.93 bits per heavy atom. The van der Waals surface area contributed by atoms with Crippen molar-refractivity contribution in [1.82, 2.24) is 4.31 Å². The minimum atomic E-state index is -3.81. The fourth-order valence-corrected chi connectivity index (χ4v) is 5.00. The summed E-state index contributed by atoms with van der Waals surface area (Å²) in [5.74, 6) is -0.333. The summed E-state index contributed by atoms with van der Waals surface area (Å²) in [4.78, 5) is 13.3. The van der Waals surface area contributed by atoms with Crippen LogP contribution in [0.5, 0.6) is 5.75 Å². The van der Waals surface area contributed by atoms with Crippen LogP contribution in [0.25, 0.3) is 0 Å². The van der Waals surface area contributed by atoms with Gasteiger partial charge >= 0.3 is 0 Å². The number of para-hydroxylation sites is 1. The molecular weight excluding hydrogens is 364 g/mol. The zero-order valence-corrected chi connectivity index (χ0v) is 16.3. The fourth-order valence-electron chi connectivity index (χ4n) is 3.43. The lowest BCUT2D eigenvalue weighted by molar-refractivity contribution is 0.112. The van der Waals surface area contributed by atoms with Crippen molar-refractivity contribution in [3.8, 4) is 5.75 Å². The molecule has 0 saturated heterocycles. The van der Waals surface area contributed by atoms with E-state index in [2.05, 4.69) is 6.92 Å². The predicted molar refractivity (Wildman–Crippen MR) is 105 cm³/mol. The second-order valence-corrected chi connectivity index (χ2v) is 8.73. The van der Waals surface area contributed by atoms with Crippen LogP contribution in [0.15, 0.2) is 47.4 Å². The van der Waals surface area contributed by atoms with Crippen molar-refractivity contribution >= 4 is 27.7 Å². The van der Waals surface area contributed by atoms with Crippen LogP contribution >= 0.6 is 0 Å². The van der Waals surface area contributed by atoms with Gasteiger partial charge < -0.3 is 10.0 Å². The largest absolute Gasteiger partial charge is 0.507 e. The van der Waals surface area contributed by atoms with Crippen LogP contribution in [-0.4, -0.2) is 43.7 Å². The van der Waals surface area contributed by atoms with Gasteiger partial charge in [-0.05, 0) is 24.6 Å². The molecule has 1 heterocycles. The van der Waals surface area contributed by atoms with Crippen molar-refractivity contribution in [2.45, 2.75) is 37.1 Å². The van der Waals surface area contributed by atoms with Gasteiger partial charge in [0.15, 0.2) is 6.29 Å². The number of carbonyl (C=O) groups is 1. The van der Waals surface area contributed by atoms with Crippen molar-refractivity contribution in [3.05, 3.63) is 48.0 Å². The third-order valence-corrected chi connectivity index (χ3v) is 6.99. The number of sulfonamides is 1. The SMILES string of the molecule is CCCCC1CN(c2ccccc2)c2cc(C=O)c(O)cc2S(=O)(=O)N1C. The second kappa shape index (κ2) is 7.70. The van der Waals surface area contributed by atoms with Gasteiger partial charge in [-0.25, -0.2) is 8.42 Å². The third-order valence-electron chi connectivity index (χ3n) is 5.05. The van der Waals surface area contributed by atoms with E-state index >= 15 is 0 Å². The number of aldehydes is 1. The van der Waals surface area contributed by atoms with Crippen LogP contribution < -0.4 is 4.90 Å². The van der Waals surface area contributed by atoms with Crippen molar-refractivity contribution in [2.75, 3.05) is 18.5 Å². The summed E-state index contributed by atoms with van der Waals surface area (Å²) >= 11 is 0. The van der Waals surface area contributed by atoms with Crippen LogP contribution in [0, 0.1) is 0 Å². The number of carbonyl (C=O) groups excluding carboxylic acids is 1. The number of rotatable bonds is 5. The molecule has 1 aliphatic heterocycles. The molecule has 0 radical (unpaired) electrons. The predicted octanol–water partition coefficient (Wildman–Crippen LogP) is 3.54. The first-order valence-electron chi connectivity index (χ1n) is 9.03. The van der Waals surface area contributed by atoms with Gasteiger partial charge in [0, 0.05) is 31.4 Å². The summed E-state index contributed by atoms with van der Waals surface area (Å²) in [5.41, 5.74) is 1.32. The smallest absolute Gasteiger partial charge is 0.245 e. The lowest BCUT2D eigenvalue weighted by atomic mass is 10.1. The third kappa shape index (κ3) is 3.57. The number of hydrogen-bond acceptors (Lipinski definition) is 5. The van der Waals surface area contributed by atoms with Gasteiger partial charge in [-0.15, -0.1) is 0 Å². The van der Waals surface area contributed by atoms with Crippen LogP contribution in [0.3, 0.4) is 0 Å². The van der Waals surface area contributed by atoms with Crippen LogP contribution in [0.2, 0.25) is 0 Å². The molecule has 144 valence electrons. The van der Waals surface area contributed by atoms with E-state index in [4.69, 9.17) is 0 Å². The molecule has 1 N–H and O–H groups in total. The molecule has 27 heavy (non-hydrogen) atoms. The summed E-state index contributed by atoms with van der Waals surface area (Å²) in [6.07, 6.45) is 3.15. The maximum absolute atomic E-state index is 13.2. The topological polar surface area (TPSA) is 77.9 Å². The molecule has 0 aromatic heterocycles. The van der Waals surface area contributed by atoms with E-state index in [1.165, 1.54) is 16.4 Å². The molecule has 0 aliphatic carbocycles. The zero-order valence-electron chi connectivity index (χ0n) is 15.5. The standard InChI is InChI=1S/C20H24N2O4S/c1-3-4-8-17-13-22(16-9-6-5-7-10-16)18-11-15(14-23)19(24)12-20(18)27(25,26)21(17)2/h5-7,9-12,14,17,24H,3-4,8,13H2,1-2H3. The molecule has 6 nitrogen and oxygen atoms in total. The molecule has 2 aromatic rings. The Labute approximate surface area is 160 Å². The number of fused-ring (bicyclic) bond motifs is 1. The van der Waals surface area contributed by atoms with E-state index in [1.807, 2.05) is 35.2 Å². The Kier molecular flexibility index (Phi) is 5.53. The quantitative estimate of drug-likeness (QED) is 0.793. The first-order valence-corrected chi connectivity index (χ1v) is 10.5. The van der Waals surface area contributed by atoms with E-state index in [-0.39, 0.29) is 22.3 Å². The second-order valence-electron chi connectivity index (χ2n) is 6.76. The normalized spacial score (nSPS) is 19.3. The van der Waals surface area contributed by atoms with E-state index in [0.29, 0.717) is 18.5 Å². The number of phenolic OH excluding ortho intramolecular Hbond substituents is 1. The van der Waals surface area contributed by atoms with E-state index in [0.717, 1.165) is 24.9 Å². The molecule has 0 fully saturated rings. The molecule has 1 unspecified atom stereocenters. The maximum Gasteiger partial charge on any atom is 0.245 e. The molecule has 3 rings (SSSR count). The molecular formula is C20H24N2O4S. The zero-order chi connectivity index (χ0) is 19.6. The summed E-state index contributed by atoms with van der Waals surface area (Å²) in [7, 11) is -2.23. The number of hydrogen-bond donors (Lipinski definition) is 1. The Hall–Kier alpha value is -2.38. The molecule has 0 amide bonds. The minimum Gasteiger partial charge on any atom is -0.507 e. The summed E-state index contributed by atoms with van der Waals surface area (Å²) in [6.45, 7) is 2.54. The number of benzene rings is 2. The van der Waals surface area contributed by atoms with Gasteiger partial charge in [0.1, 0.15) is 10.6 Å². The van der Waals surface area contributed by atoms with Crippen molar-refractivity contribution < 1.29 is 18.3 Å². The monoisotopic (exact) mass is 388 g/mol. The highest BCUT2D eigenvalue weighted by molar-refractivity contribution is 7.89. The van der Waals surface area contributed by atoms with Crippen LogP contribution in [0.1, 0.15) is 36.5 Å². The minimum absolute atomic E-state index is 0.0101. The Morgan fingerprint density at radius 3 is 2.56 bits per heavy atom. The average molecular weight is 388 g/mol. The summed E-state index contributed by atoms with van der Waals surface area (Å²) in [6, 6.07) is 11.9. The summed E-state index contributed by atoms with van der Waals surface area (Å²) in [5, 5.41) is 10.1. The lowest BCUT2D eigenvalue weighted by Gasteiger charge is -2.29. The highest BCUT2D eigenvalue weighted by Crippen LogP contribution is 2.40. The van der Waals surface area contributed by atoms with Crippen LogP contribution in [0.4, 0.5) is 11.4 Å². The van der Waals surface area contributed by atoms with E-state index in [1.54, 1.807) is 7.05 Å². The molecule has 1 aliphatic rings. The molecule has 1 atom stereocenters. The first-order chi connectivity index (χ1) is 12.9. The Morgan fingerprint density at radius 1 is 1.22 bits per heavy atom. The highest BCUT2D eigenvalue weighted by Gasteiger charge is 2.37. The van der Waals surface area contributed by atoms with Crippen molar-refractivity contribution in [1.29, 1.82) is 0 Å². The highest BCUT2D eigenvalue weighted by atomic mass is 32.2. The summed E-state index contributed by atoms with van der Waals surface area (Å²) < 4.78 is 27.8. The van der Waals surface area contributed by atoms with Gasteiger partial charge in [-0.3, -0.25) is 4.79 Å². The maximum atomic E-state index is 13.2. The van der Waals surface area contributed by atoms with Gasteiger partial charge in [0.05, 0.1) is 11.3 Å². The van der Waals surface area contributed by atoms with Crippen molar-refractivity contribution in [3.63, 3.8) is 0 Å². The number of aromatic hydroxyl groups is 1. The average Bonchev–Trinajstić information content (AvgIpc) is 2.75. The molecule has 0 saturated carbocycles. The van der Waals surface area contributed by atoms with Gasteiger partial charge in [-0.1, -0.05) is 38.0 Å². The number of likely N-dealkylation sites (N-methyl/N-ethyl adjacent to an activating group) is 1. The van der Waals surface area contributed by atoms with Gasteiger partial charge in [-0.2, -0.15) is 4.31 Å².